The standard InChI is InChI=1S/C17H18ClN3O2/c1-12(11-19-13-7-3-2-4-8-13)20-16(22)17(23)21-15-10-6-5-9-14(15)18/h2-10,12,19H,11H2,1H3,(H,20,22)(H,21,23). The fraction of sp³-hybridized carbons (Fsp3) is 0.176. The molecule has 0 bridgehead atoms. The Balaban J connectivity index is 1.81. The summed E-state index contributed by atoms with van der Waals surface area (Å²) in [5.74, 6) is -1.45. The van der Waals surface area contributed by atoms with E-state index in [4.69, 9.17) is 11.6 Å². The van der Waals surface area contributed by atoms with Crippen LogP contribution in [0.5, 0.6) is 0 Å². The van der Waals surface area contributed by atoms with Gasteiger partial charge in [-0.05, 0) is 31.2 Å². The van der Waals surface area contributed by atoms with Crippen LogP contribution in [0.25, 0.3) is 0 Å². The van der Waals surface area contributed by atoms with E-state index < -0.39 is 11.8 Å². The van der Waals surface area contributed by atoms with Gasteiger partial charge in [0, 0.05) is 18.3 Å². The average molecular weight is 332 g/mol. The van der Waals surface area contributed by atoms with E-state index in [0.717, 1.165) is 5.69 Å². The number of hydrogen-bond donors (Lipinski definition) is 3. The highest BCUT2D eigenvalue weighted by Gasteiger charge is 2.17. The molecule has 0 saturated heterocycles. The van der Waals surface area contributed by atoms with Gasteiger partial charge in [-0.3, -0.25) is 9.59 Å². The van der Waals surface area contributed by atoms with E-state index in [2.05, 4.69) is 16.0 Å². The summed E-state index contributed by atoms with van der Waals surface area (Å²) in [5, 5.41) is 8.68. The number of nitrogens with one attached hydrogen (secondary N) is 3. The Kier molecular flexibility index (Phi) is 6.00. The van der Waals surface area contributed by atoms with Crippen LogP contribution < -0.4 is 16.0 Å². The van der Waals surface area contributed by atoms with Crippen molar-refractivity contribution >= 4 is 34.8 Å². The molecule has 0 aliphatic carbocycles. The van der Waals surface area contributed by atoms with E-state index in [1.54, 1.807) is 24.3 Å². The van der Waals surface area contributed by atoms with Gasteiger partial charge in [-0.1, -0.05) is 41.9 Å². The van der Waals surface area contributed by atoms with Crippen molar-refractivity contribution < 1.29 is 9.59 Å². The number of carbonyl (C=O) groups is 2. The zero-order valence-electron chi connectivity index (χ0n) is 12.7. The Morgan fingerprint density at radius 2 is 1.65 bits per heavy atom. The normalized spacial score (nSPS) is 11.4. The summed E-state index contributed by atoms with van der Waals surface area (Å²) in [4.78, 5) is 23.8. The summed E-state index contributed by atoms with van der Waals surface area (Å²) in [6.07, 6.45) is 0. The number of halogens is 1. The summed E-state index contributed by atoms with van der Waals surface area (Å²) in [7, 11) is 0. The minimum Gasteiger partial charge on any atom is -0.383 e. The van der Waals surface area contributed by atoms with Gasteiger partial charge in [-0.15, -0.1) is 0 Å². The Morgan fingerprint density at radius 1 is 1.00 bits per heavy atom. The predicted octanol–water partition coefficient (Wildman–Crippen LogP) is 2.90. The molecule has 23 heavy (non-hydrogen) atoms. The Bertz CT molecular complexity index is 677. The van der Waals surface area contributed by atoms with Crippen LogP contribution in [0.4, 0.5) is 11.4 Å². The first kappa shape index (κ1) is 16.8. The topological polar surface area (TPSA) is 70.2 Å². The van der Waals surface area contributed by atoms with Crippen LogP contribution in [0.2, 0.25) is 5.02 Å². The minimum atomic E-state index is -0.746. The lowest BCUT2D eigenvalue weighted by Crippen LogP contribution is -2.43. The van der Waals surface area contributed by atoms with Gasteiger partial charge < -0.3 is 16.0 Å². The predicted molar refractivity (Wildman–Crippen MR) is 92.6 cm³/mol. The number of anilines is 2. The van der Waals surface area contributed by atoms with E-state index in [0.29, 0.717) is 17.3 Å². The Morgan fingerprint density at radius 3 is 2.35 bits per heavy atom. The highest BCUT2D eigenvalue weighted by Crippen LogP contribution is 2.20. The molecule has 0 saturated carbocycles. The molecule has 1 atom stereocenters. The molecule has 0 aliphatic heterocycles. The largest absolute Gasteiger partial charge is 0.383 e. The summed E-state index contributed by atoms with van der Waals surface area (Å²) in [5.41, 5.74) is 1.36. The lowest BCUT2D eigenvalue weighted by molar-refractivity contribution is -0.136. The molecule has 2 rings (SSSR count). The lowest BCUT2D eigenvalue weighted by atomic mass is 10.2. The number of benzene rings is 2. The van der Waals surface area contributed by atoms with Crippen LogP contribution in [0.1, 0.15) is 6.92 Å². The summed E-state index contributed by atoms with van der Waals surface area (Å²) >= 11 is 5.94. The van der Waals surface area contributed by atoms with E-state index >= 15 is 0 Å². The lowest BCUT2D eigenvalue weighted by Gasteiger charge is -2.15. The molecule has 120 valence electrons. The third kappa shape index (κ3) is 5.30. The zero-order valence-corrected chi connectivity index (χ0v) is 13.4. The van der Waals surface area contributed by atoms with Gasteiger partial charge in [-0.25, -0.2) is 0 Å². The van der Waals surface area contributed by atoms with Crippen molar-refractivity contribution in [3.63, 3.8) is 0 Å². The highest BCUT2D eigenvalue weighted by molar-refractivity contribution is 6.41. The highest BCUT2D eigenvalue weighted by atomic mass is 35.5. The number of hydrogen-bond acceptors (Lipinski definition) is 3. The van der Waals surface area contributed by atoms with Crippen molar-refractivity contribution in [1.29, 1.82) is 0 Å². The van der Waals surface area contributed by atoms with Crippen LogP contribution >= 0.6 is 11.6 Å². The fourth-order valence-electron chi connectivity index (χ4n) is 1.91. The van der Waals surface area contributed by atoms with Crippen molar-refractivity contribution in [2.24, 2.45) is 0 Å². The van der Waals surface area contributed by atoms with E-state index in [9.17, 15) is 9.59 Å². The second-order valence-electron chi connectivity index (χ2n) is 5.06. The summed E-state index contributed by atoms with van der Waals surface area (Å²) in [6.45, 7) is 2.33. The molecule has 0 heterocycles. The maximum absolute atomic E-state index is 11.9. The first-order chi connectivity index (χ1) is 11.1. The monoisotopic (exact) mass is 331 g/mol. The van der Waals surface area contributed by atoms with E-state index in [-0.39, 0.29) is 6.04 Å². The number of carbonyl (C=O) groups excluding carboxylic acids is 2. The number of rotatable bonds is 5. The Hall–Kier alpha value is -2.53. The molecule has 0 radical (unpaired) electrons. The fourth-order valence-corrected chi connectivity index (χ4v) is 2.09. The molecule has 2 amide bonds. The Labute approximate surface area is 140 Å². The van der Waals surface area contributed by atoms with Crippen molar-refractivity contribution in [3.05, 3.63) is 59.6 Å². The third-order valence-electron chi connectivity index (χ3n) is 3.09. The van der Waals surface area contributed by atoms with E-state index in [1.165, 1.54) is 0 Å². The van der Waals surface area contributed by atoms with Gasteiger partial charge in [0.15, 0.2) is 0 Å². The molecule has 0 spiro atoms. The second-order valence-corrected chi connectivity index (χ2v) is 5.46. The maximum Gasteiger partial charge on any atom is 0.313 e. The van der Waals surface area contributed by atoms with Crippen LogP contribution in [-0.4, -0.2) is 24.4 Å². The maximum atomic E-state index is 11.9. The molecule has 5 nitrogen and oxygen atoms in total. The molecule has 3 N–H and O–H groups in total. The van der Waals surface area contributed by atoms with Crippen LogP contribution in [0, 0.1) is 0 Å². The first-order valence-electron chi connectivity index (χ1n) is 7.21. The minimum absolute atomic E-state index is 0.209. The van der Waals surface area contributed by atoms with E-state index in [1.807, 2.05) is 37.3 Å². The average Bonchev–Trinajstić information content (AvgIpc) is 2.56. The van der Waals surface area contributed by atoms with Crippen molar-refractivity contribution in [2.45, 2.75) is 13.0 Å². The third-order valence-corrected chi connectivity index (χ3v) is 3.42. The van der Waals surface area contributed by atoms with Crippen LogP contribution in [0.15, 0.2) is 54.6 Å². The molecule has 2 aromatic carbocycles. The molecular weight excluding hydrogens is 314 g/mol. The van der Waals surface area contributed by atoms with Crippen molar-refractivity contribution in [3.8, 4) is 0 Å². The van der Waals surface area contributed by atoms with Crippen molar-refractivity contribution in [1.82, 2.24) is 5.32 Å². The SMILES string of the molecule is CC(CNc1ccccc1)NC(=O)C(=O)Nc1ccccc1Cl. The number of para-hydroxylation sites is 2. The zero-order chi connectivity index (χ0) is 16.7. The van der Waals surface area contributed by atoms with Gasteiger partial charge in [0.2, 0.25) is 0 Å². The second kappa shape index (κ2) is 8.19. The van der Waals surface area contributed by atoms with Gasteiger partial charge in [-0.2, -0.15) is 0 Å². The molecule has 0 aliphatic rings. The molecule has 6 heteroatoms. The molecule has 2 aromatic rings. The molecule has 0 fully saturated rings. The quantitative estimate of drug-likeness (QED) is 0.738. The summed E-state index contributed by atoms with van der Waals surface area (Å²) < 4.78 is 0. The van der Waals surface area contributed by atoms with Crippen LogP contribution in [-0.2, 0) is 9.59 Å². The number of amides is 2. The van der Waals surface area contributed by atoms with Gasteiger partial charge >= 0.3 is 11.8 Å². The molecule has 1 unspecified atom stereocenters. The first-order valence-corrected chi connectivity index (χ1v) is 7.59. The van der Waals surface area contributed by atoms with Gasteiger partial charge in [0.05, 0.1) is 10.7 Å². The smallest absolute Gasteiger partial charge is 0.313 e. The van der Waals surface area contributed by atoms with Gasteiger partial charge in [0.1, 0.15) is 0 Å². The molecular formula is C17H18ClN3O2. The van der Waals surface area contributed by atoms with Gasteiger partial charge in [0.25, 0.3) is 0 Å². The summed E-state index contributed by atoms with van der Waals surface area (Å²) in [6, 6.07) is 16.2. The van der Waals surface area contributed by atoms with Crippen molar-refractivity contribution in [2.75, 3.05) is 17.2 Å². The van der Waals surface area contributed by atoms with Crippen LogP contribution in [0.3, 0.4) is 0 Å². The molecule has 0 aromatic heterocycles.